The highest BCUT2D eigenvalue weighted by atomic mass is 19.3. The summed E-state index contributed by atoms with van der Waals surface area (Å²) in [6.45, 7) is 0.218. The monoisotopic (exact) mass is 365 g/mol. The van der Waals surface area contributed by atoms with Crippen molar-refractivity contribution in [1.82, 2.24) is 14.5 Å². The quantitative estimate of drug-likeness (QED) is 0.847. The van der Waals surface area contributed by atoms with Crippen LogP contribution in [-0.4, -0.2) is 38.8 Å². The van der Waals surface area contributed by atoms with Crippen LogP contribution in [0.5, 0.6) is 5.75 Å². The molecule has 140 valence electrons. The number of fused-ring (bicyclic) bond motifs is 1. The van der Waals surface area contributed by atoms with Gasteiger partial charge < -0.3 is 14.4 Å². The van der Waals surface area contributed by atoms with Crippen molar-refractivity contribution in [3.8, 4) is 5.75 Å². The fraction of sp³-hybridized carbons (Fsp3) is 0.444. The number of aryl methyl sites for hydroxylation is 2. The predicted octanol–water partition coefficient (Wildman–Crippen LogP) is 3.71. The summed E-state index contributed by atoms with van der Waals surface area (Å²) in [5.41, 5.74) is 1.84. The van der Waals surface area contributed by atoms with Gasteiger partial charge in [-0.2, -0.15) is 8.78 Å². The molecule has 0 aliphatic carbocycles. The van der Waals surface area contributed by atoms with Crippen LogP contribution in [0.4, 0.5) is 13.6 Å². The number of hydrogen-bond acceptors (Lipinski definition) is 3. The van der Waals surface area contributed by atoms with Crippen molar-refractivity contribution in [3.05, 3.63) is 47.5 Å². The Morgan fingerprint density at radius 1 is 1.35 bits per heavy atom. The summed E-state index contributed by atoms with van der Waals surface area (Å²) in [5, 5.41) is 9.52. The van der Waals surface area contributed by atoms with Crippen LogP contribution in [-0.2, 0) is 19.4 Å². The molecule has 0 bridgehead atoms. The Hall–Kier alpha value is -2.64. The number of aromatic nitrogens is 2. The normalized spacial score (nSPS) is 16.6. The molecule has 8 heteroatoms. The minimum Gasteiger partial charge on any atom is -0.465 e. The molecule has 2 heterocycles. The summed E-state index contributed by atoms with van der Waals surface area (Å²) >= 11 is 0. The maximum atomic E-state index is 12.2. The molecule has 0 radical (unpaired) electrons. The van der Waals surface area contributed by atoms with Gasteiger partial charge in [0.15, 0.2) is 0 Å². The Morgan fingerprint density at radius 2 is 2.08 bits per heavy atom. The first kappa shape index (κ1) is 18.2. The fourth-order valence-corrected chi connectivity index (χ4v) is 3.43. The molecular formula is C18H21F2N3O3. The number of carbonyl (C=O) groups is 1. The fourth-order valence-electron chi connectivity index (χ4n) is 3.43. The second-order valence-electron chi connectivity index (χ2n) is 6.16. The van der Waals surface area contributed by atoms with Crippen molar-refractivity contribution in [3.63, 3.8) is 0 Å². The van der Waals surface area contributed by atoms with Crippen LogP contribution in [0.2, 0.25) is 0 Å². The lowest BCUT2D eigenvalue weighted by Gasteiger charge is -2.35. The molecule has 0 saturated carbocycles. The van der Waals surface area contributed by atoms with Crippen molar-refractivity contribution in [2.24, 2.45) is 0 Å². The molecule has 0 saturated heterocycles. The first-order chi connectivity index (χ1) is 12.5. The molecule has 3 rings (SSSR count). The largest absolute Gasteiger partial charge is 0.465 e. The molecule has 1 unspecified atom stereocenters. The summed E-state index contributed by atoms with van der Waals surface area (Å²) in [6.07, 6.45) is 2.83. The first-order valence-electron chi connectivity index (χ1n) is 8.57. The average Bonchev–Trinajstić information content (AvgIpc) is 3.03. The highest BCUT2D eigenvalue weighted by molar-refractivity contribution is 5.66. The third kappa shape index (κ3) is 3.79. The lowest BCUT2D eigenvalue weighted by molar-refractivity contribution is -0.0498. The standard InChI is InChI=1S/C18H21F2N3O3/c1-2-16-21-11-15-14(23(18(24)25)10-9-22(15)16)8-5-12-3-6-13(7-4-12)26-17(19)20/h3-4,6-7,11,14,17H,2,5,8-10H2,1H3,(H,24,25). The topological polar surface area (TPSA) is 67.6 Å². The summed E-state index contributed by atoms with van der Waals surface area (Å²) in [6, 6.07) is 6.17. The van der Waals surface area contributed by atoms with Gasteiger partial charge >= 0.3 is 12.7 Å². The highest BCUT2D eigenvalue weighted by Crippen LogP contribution is 2.31. The first-order valence-corrected chi connectivity index (χ1v) is 8.57. The number of imidazole rings is 1. The number of halogens is 2. The van der Waals surface area contributed by atoms with E-state index in [9.17, 15) is 18.7 Å². The molecule has 2 aromatic rings. The minimum atomic E-state index is -2.85. The van der Waals surface area contributed by atoms with Crippen LogP contribution in [0.1, 0.15) is 36.5 Å². The van der Waals surface area contributed by atoms with Gasteiger partial charge in [-0.25, -0.2) is 9.78 Å². The molecular weight excluding hydrogens is 344 g/mol. The third-order valence-electron chi connectivity index (χ3n) is 4.67. The molecule has 1 aliphatic heterocycles. The number of rotatable bonds is 6. The van der Waals surface area contributed by atoms with E-state index in [-0.39, 0.29) is 11.8 Å². The van der Waals surface area contributed by atoms with E-state index in [1.54, 1.807) is 18.3 Å². The Morgan fingerprint density at radius 3 is 2.69 bits per heavy atom. The average molecular weight is 365 g/mol. The van der Waals surface area contributed by atoms with Crippen molar-refractivity contribution >= 4 is 6.09 Å². The molecule has 1 atom stereocenters. The van der Waals surface area contributed by atoms with Crippen molar-refractivity contribution in [2.45, 2.75) is 45.4 Å². The van der Waals surface area contributed by atoms with Crippen LogP contribution in [0.15, 0.2) is 30.5 Å². The number of nitrogens with zero attached hydrogens (tertiary/aromatic N) is 3. The number of ether oxygens (including phenoxy) is 1. The second-order valence-corrected chi connectivity index (χ2v) is 6.16. The van der Waals surface area contributed by atoms with Gasteiger partial charge in [0.1, 0.15) is 11.6 Å². The van der Waals surface area contributed by atoms with Gasteiger partial charge in [0, 0.05) is 19.5 Å². The van der Waals surface area contributed by atoms with Crippen molar-refractivity contribution < 1.29 is 23.4 Å². The lowest BCUT2D eigenvalue weighted by Crippen LogP contribution is -2.41. The van der Waals surface area contributed by atoms with Crippen molar-refractivity contribution in [2.75, 3.05) is 6.54 Å². The summed E-state index contributed by atoms with van der Waals surface area (Å²) in [7, 11) is 0. The summed E-state index contributed by atoms with van der Waals surface area (Å²) < 4.78 is 30.9. The van der Waals surface area contributed by atoms with Crippen LogP contribution < -0.4 is 4.74 Å². The van der Waals surface area contributed by atoms with Gasteiger partial charge in [-0.1, -0.05) is 19.1 Å². The van der Waals surface area contributed by atoms with E-state index in [1.165, 1.54) is 17.0 Å². The Labute approximate surface area is 150 Å². The van der Waals surface area contributed by atoms with E-state index in [2.05, 4.69) is 14.3 Å². The number of amides is 1. The van der Waals surface area contributed by atoms with Gasteiger partial charge in [-0.05, 0) is 30.5 Å². The molecule has 6 nitrogen and oxygen atoms in total. The third-order valence-corrected chi connectivity index (χ3v) is 4.67. The molecule has 1 aromatic carbocycles. The van der Waals surface area contributed by atoms with Crippen LogP contribution in [0, 0.1) is 0 Å². The van der Waals surface area contributed by atoms with E-state index >= 15 is 0 Å². The maximum Gasteiger partial charge on any atom is 0.407 e. The van der Waals surface area contributed by atoms with Gasteiger partial charge in [-0.3, -0.25) is 4.90 Å². The lowest BCUT2D eigenvalue weighted by atomic mass is 10.0. The number of carboxylic acid groups (broad SMARTS) is 1. The number of benzene rings is 1. The van der Waals surface area contributed by atoms with Crippen molar-refractivity contribution in [1.29, 1.82) is 0 Å². The number of alkyl halides is 2. The smallest absolute Gasteiger partial charge is 0.407 e. The molecule has 26 heavy (non-hydrogen) atoms. The van der Waals surface area contributed by atoms with E-state index < -0.39 is 12.7 Å². The molecule has 1 aromatic heterocycles. The summed E-state index contributed by atoms with van der Waals surface area (Å²) in [5.74, 6) is 1.07. The van der Waals surface area contributed by atoms with Gasteiger partial charge in [0.25, 0.3) is 0 Å². The number of hydrogen-bond donors (Lipinski definition) is 1. The predicted molar refractivity (Wildman–Crippen MR) is 90.5 cm³/mol. The second kappa shape index (κ2) is 7.72. The Kier molecular flexibility index (Phi) is 5.39. The molecule has 1 N–H and O–H groups in total. The molecule has 1 aliphatic rings. The van der Waals surface area contributed by atoms with Crippen LogP contribution in [0.3, 0.4) is 0 Å². The zero-order chi connectivity index (χ0) is 18.7. The minimum absolute atomic E-state index is 0.110. The zero-order valence-electron chi connectivity index (χ0n) is 14.4. The maximum absolute atomic E-state index is 12.2. The van der Waals surface area contributed by atoms with Crippen LogP contribution in [0.25, 0.3) is 0 Å². The summed E-state index contributed by atoms with van der Waals surface area (Å²) in [4.78, 5) is 17.5. The van der Waals surface area contributed by atoms with E-state index in [0.717, 1.165) is 23.5 Å². The SMILES string of the molecule is CCc1ncc2n1CCN(C(=O)O)C2CCc1ccc(OC(F)F)cc1. The Bertz CT molecular complexity index is 762. The highest BCUT2D eigenvalue weighted by Gasteiger charge is 2.32. The van der Waals surface area contributed by atoms with E-state index in [4.69, 9.17) is 0 Å². The zero-order valence-corrected chi connectivity index (χ0v) is 14.4. The van der Waals surface area contributed by atoms with Crippen LogP contribution >= 0.6 is 0 Å². The van der Waals surface area contributed by atoms with Gasteiger partial charge in [0.2, 0.25) is 0 Å². The molecule has 0 fully saturated rings. The van der Waals surface area contributed by atoms with E-state index in [1.807, 2.05) is 6.92 Å². The van der Waals surface area contributed by atoms with Gasteiger partial charge in [-0.15, -0.1) is 0 Å². The molecule has 1 amide bonds. The van der Waals surface area contributed by atoms with Gasteiger partial charge in [0.05, 0.1) is 17.9 Å². The Balaban J connectivity index is 1.74. The van der Waals surface area contributed by atoms with E-state index in [0.29, 0.717) is 25.9 Å². The molecule has 0 spiro atoms.